The smallest absolute Gasteiger partial charge is 0.234 e. The second kappa shape index (κ2) is 6.54. The molecule has 1 heterocycles. The summed E-state index contributed by atoms with van der Waals surface area (Å²) >= 11 is 0. The lowest BCUT2D eigenvalue weighted by molar-refractivity contribution is -0.120. The molecule has 0 saturated heterocycles. The van der Waals surface area contributed by atoms with Crippen molar-refractivity contribution in [1.29, 1.82) is 0 Å². The lowest BCUT2D eigenvalue weighted by atomic mass is 10.1. The van der Waals surface area contributed by atoms with Crippen LogP contribution in [0.3, 0.4) is 0 Å². The SMILES string of the molecule is CC(C)(C)NCC(=O)NCc1ccccc1-n1cccn1. The van der Waals surface area contributed by atoms with Gasteiger partial charge in [0.1, 0.15) is 0 Å². The van der Waals surface area contributed by atoms with Crippen molar-refractivity contribution in [2.45, 2.75) is 32.9 Å². The molecule has 0 aliphatic rings. The summed E-state index contributed by atoms with van der Waals surface area (Å²) in [6.45, 7) is 6.90. The Morgan fingerprint density at radius 2 is 2.00 bits per heavy atom. The van der Waals surface area contributed by atoms with Crippen LogP contribution >= 0.6 is 0 Å². The van der Waals surface area contributed by atoms with Gasteiger partial charge in [-0.25, -0.2) is 4.68 Å². The average molecular weight is 286 g/mol. The van der Waals surface area contributed by atoms with E-state index < -0.39 is 0 Å². The van der Waals surface area contributed by atoms with E-state index in [1.807, 2.05) is 57.3 Å². The Kier molecular flexibility index (Phi) is 4.75. The summed E-state index contributed by atoms with van der Waals surface area (Å²) in [5.41, 5.74) is 1.95. The van der Waals surface area contributed by atoms with Crippen LogP contribution in [-0.4, -0.2) is 27.8 Å². The van der Waals surface area contributed by atoms with Crippen LogP contribution in [0.5, 0.6) is 0 Å². The Morgan fingerprint density at radius 1 is 1.24 bits per heavy atom. The second-order valence-corrected chi connectivity index (χ2v) is 5.96. The van der Waals surface area contributed by atoms with Gasteiger partial charge in [-0.2, -0.15) is 5.10 Å². The molecule has 0 spiro atoms. The van der Waals surface area contributed by atoms with Crippen molar-refractivity contribution in [3.63, 3.8) is 0 Å². The van der Waals surface area contributed by atoms with Crippen LogP contribution in [0.25, 0.3) is 5.69 Å². The highest BCUT2D eigenvalue weighted by Gasteiger charge is 2.11. The molecule has 0 atom stereocenters. The molecule has 2 aromatic rings. The zero-order valence-electron chi connectivity index (χ0n) is 12.8. The number of rotatable bonds is 5. The van der Waals surface area contributed by atoms with E-state index in [4.69, 9.17) is 0 Å². The Morgan fingerprint density at radius 3 is 2.67 bits per heavy atom. The number of carbonyl (C=O) groups excluding carboxylic acids is 1. The zero-order valence-corrected chi connectivity index (χ0v) is 12.8. The van der Waals surface area contributed by atoms with E-state index in [1.54, 1.807) is 10.9 Å². The first-order chi connectivity index (χ1) is 9.96. The first-order valence-corrected chi connectivity index (χ1v) is 7.05. The Hall–Kier alpha value is -2.14. The van der Waals surface area contributed by atoms with Gasteiger partial charge in [0.15, 0.2) is 0 Å². The van der Waals surface area contributed by atoms with Gasteiger partial charge in [-0.15, -0.1) is 0 Å². The number of para-hydroxylation sites is 1. The molecule has 5 nitrogen and oxygen atoms in total. The summed E-state index contributed by atoms with van der Waals surface area (Å²) in [5.74, 6) is -0.0137. The van der Waals surface area contributed by atoms with Gasteiger partial charge in [-0.1, -0.05) is 18.2 Å². The van der Waals surface area contributed by atoms with E-state index in [-0.39, 0.29) is 11.4 Å². The Bertz CT molecular complexity index is 585. The van der Waals surface area contributed by atoms with Crippen LogP contribution in [0.2, 0.25) is 0 Å². The number of hydrogen-bond acceptors (Lipinski definition) is 3. The minimum atomic E-state index is -0.0652. The highest BCUT2D eigenvalue weighted by Crippen LogP contribution is 2.12. The Labute approximate surface area is 125 Å². The number of aromatic nitrogens is 2. The fourth-order valence-electron chi connectivity index (χ4n) is 1.90. The van der Waals surface area contributed by atoms with Crippen LogP contribution in [0.1, 0.15) is 26.3 Å². The minimum absolute atomic E-state index is 0.0137. The first-order valence-electron chi connectivity index (χ1n) is 7.05. The summed E-state index contributed by atoms with van der Waals surface area (Å²) in [4.78, 5) is 11.9. The molecule has 5 heteroatoms. The molecule has 0 fully saturated rings. The van der Waals surface area contributed by atoms with Gasteiger partial charge >= 0.3 is 0 Å². The van der Waals surface area contributed by atoms with Crippen molar-refractivity contribution in [1.82, 2.24) is 20.4 Å². The van der Waals surface area contributed by atoms with Crippen molar-refractivity contribution < 1.29 is 4.79 Å². The van der Waals surface area contributed by atoms with E-state index in [9.17, 15) is 4.79 Å². The molecule has 2 rings (SSSR count). The van der Waals surface area contributed by atoms with Crippen LogP contribution in [0.4, 0.5) is 0 Å². The molecule has 0 unspecified atom stereocenters. The van der Waals surface area contributed by atoms with E-state index in [1.165, 1.54) is 0 Å². The largest absolute Gasteiger partial charge is 0.351 e. The number of nitrogens with one attached hydrogen (secondary N) is 2. The van der Waals surface area contributed by atoms with Gasteiger partial charge in [-0.05, 0) is 38.5 Å². The highest BCUT2D eigenvalue weighted by atomic mass is 16.1. The predicted octanol–water partition coefficient (Wildman–Crippen LogP) is 1.88. The maximum Gasteiger partial charge on any atom is 0.234 e. The van der Waals surface area contributed by atoms with Crippen LogP contribution in [0, 0.1) is 0 Å². The molecular formula is C16H22N4O. The lowest BCUT2D eigenvalue weighted by Gasteiger charge is -2.20. The van der Waals surface area contributed by atoms with Crippen molar-refractivity contribution in [2.24, 2.45) is 0 Å². The van der Waals surface area contributed by atoms with Crippen molar-refractivity contribution in [3.8, 4) is 5.69 Å². The van der Waals surface area contributed by atoms with Gasteiger partial charge in [0.05, 0.1) is 12.2 Å². The highest BCUT2D eigenvalue weighted by molar-refractivity contribution is 5.78. The molecule has 0 aliphatic carbocycles. The maximum absolute atomic E-state index is 11.9. The predicted molar refractivity (Wildman–Crippen MR) is 83.2 cm³/mol. The van der Waals surface area contributed by atoms with Crippen LogP contribution in [-0.2, 0) is 11.3 Å². The molecule has 1 amide bonds. The molecule has 1 aromatic heterocycles. The van der Waals surface area contributed by atoms with Gasteiger partial charge in [0.25, 0.3) is 0 Å². The Balaban J connectivity index is 1.96. The van der Waals surface area contributed by atoms with Gasteiger partial charge in [0, 0.05) is 24.5 Å². The molecule has 0 saturated carbocycles. The van der Waals surface area contributed by atoms with Crippen molar-refractivity contribution in [3.05, 3.63) is 48.3 Å². The molecule has 21 heavy (non-hydrogen) atoms. The van der Waals surface area contributed by atoms with Gasteiger partial charge in [0.2, 0.25) is 5.91 Å². The van der Waals surface area contributed by atoms with E-state index >= 15 is 0 Å². The topological polar surface area (TPSA) is 59.0 Å². The number of benzene rings is 1. The summed E-state index contributed by atoms with van der Waals surface area (Å²) in [6.07, 6.45) is 3.63. The third-order valence-electron chi connectivity index (χ3n) is 3.00. The quantitative estimate of drug-likeness (QED) is 0.882. The summed E-state index contributed by atoms with van der Waals surface area (Å²) in [7, 11) is 0. The van der Waals surface area contributed by atoms with Crippen LogP contribution < -0.4 is 10.6 Å². The minimum Gasteiger partial charge on any atom is -0.351 e. The van der Waals surface area contributed by atoms with Gasteiger partial charge < -0.3 is 10.6 Å². The molecule has 0 aliphatic heterocycles. The number of carbonyl (C=O) groups is 1. The van der Waals surface area contributed by atoms with Crippen LogP contribution in [0.15, 0.2) is 42.7 Å². The van der Waals surface area contributed by atoms with E-state index in [0.717, 1.165) is 11.3 Å². The van der Waals surface area contributed by atoms with E-state index in [0.29, 0.717) is 13.1 Å². The fourth-order valence-corrected chi connectivity index (χ4v) is 1.90. The third kappa shape index (κ3) is 4.72. The molecule has 0 radical (unpaired) electrons. The monoisotopic (exact) mass is 286 g/mol. The first kappa shape index (κ1) is 15.3. The molecular weight excluding hydrogens is 264 g/mol. The summed E-state index contributed by atoms with van der Waals surface area (Å²) in [6, 6.07) is 9.78. The second-order valence-electron chi connectivity index (χ2n) is 5.96. The number of hydrogen-bond donors (Lipinski definition) is 2. The molecule has 1 aromatic carbocycles. The number of amides is 1. The molecule has 0 bridgehead atoms. The van der Waals surface area contributed by atoms with Gasteiger partial charge in [-0.3, -0.25) is 4.79 Å². The van der Waals surface area contributed by atoms with Crippen molar-refractivity contribution >= 4 is 5.91 Å². The standard InChI is InChI=1S/C16H22N4O/c1-16(2,3)18-12-15(21)17-11-13-7-4-5-8-14(13)20-10-6-9-19-20/h4-10,18H,11-12H2,1-3H3,(H,17,21). The summed E-state index contributed by atoms with van der Waals surface area (Å²) < 4.78 is 1.80. The van der Waals surface area contributed by atoms with Crippen molar-refractivity contribution in [2.75, 3.05) is 6.54 Å². The van der Waals surface area contributed by atoms with E-state index in [2.05, 4.69) is 15.7 Å². The fraction of sp³-hybridized carbons (Fsp3) is 0.375. The lowest BCUT2D eigenvalue weighted by Crippen LogP contribution is -2.43. The number of nitrogens with zero attached hydrogens (tertiary/aromatic N) is 2. The molecule has 2 N–H and O–H groups in total. The summed E-state index contributed by atoms with van der Waals surface area (Å²) in [5, 5.41) is 10.3. The average Bonchev–Trinajstić information content (AvgIpc) is 2.96. The normalized spacial score (nSPS) is 11.4. The maximum atomic E-state index is 11.9. The third-order valence-corrected chi connectivity index (χ3v) is 3.00. The zero-order chi connectivity index (χ0) is 15.3. The molecule has 112 valence electrons.